The van der Waals surface area contributed by atoms with Gasteiger partial charge in [0.25, 0.3) is 0 Å². The highest BCUT2D eigenvalue weighted by Gasteiger charge is 2.38. The number of carbonyl (C=O) groups is 1. The summed E-state index contributed by atoms with van der Waals surface area (Å²) < 4.78 is 43.5. The molecule has 1 saturated heterocycles. The summed E-state index contributed by atoms with van der Waals surface area (Å²) in [5.74, 6) is -1.57. The van der Waals surface area contributed by atoms with Crippen LogP contribution in [0.25, 0.3) is 21.6 Å². The zero-order chi connectivity index (χ0) is 21.6. The monoisotopic (exact) mass is 444 g/mol. The maximum atomic E-state index is 12.8. The van der Waals surface area contributed by atoms with Crippen LogP contribution in [0.15, 0.2) is 53.1 Å². The normalized spacial score (nSPS) is 17.5. The van der Waals surface area contributed by atoms with Crippen molar-refractivity contribution in [3.8, 4) is 11.4 Å². The lowest BCUT2D eigenvalue weighted by molar-refractivity contribution is -0.159. The van der Waals surface area contributed by atoms with Crippen molar-refractivity contribution in [2.75, 3.05) is 4.90 Å². The minimum atomic E-state index is -4.70. The van der Waals surface area contributed by atoms with Crippen LogP contribution in [0.4, 0.5) is 18.9 Å². The Morgan fingerprint density at radius 1 is 1.06 bits per heavy atom. The van der Waals surface area contributed by atoms with Crippen molar-refractivity contribution < 1.29 is 22.5 Å². The Labute approximate surface area is 178 Å². The first kappa shape index (κ1) is 19.7. The molecule has 1 fully saturated rings. The number of amides is 1. The number of para-hydroxylation sites is 1. The van der Waals surface area contributed by atoms with Crippen LogP contribution in [0.5, 0.6) is 0 Å². The van der Waals surface area contributed by atoms with Crippen LogP contribution in [0.1, 0.15) is 36.2 Å². The van der Waals surface area contributed by atoms with Gasteiger partial charge in [-0.2, -0.15) is 18.2 Å². The van der Waals surface area contributed by atoms with Gasteiger partial charge in [0.15, 0.2) is 0 Å². The van der Waals surface area contributed by atoms with Crippen molar-refractivity contribution in [2.45, 2.75) is 31.5 Å². The zero-order valence-corrected chi connectivity index (χ0v) is 16.8. The molecular formula is C21H15F3N4O2S. The van der Waals surface area contributed by atoms with Gasteiger partial charge in [-0.15, -0.1) is 11.3 Å². The van der Waals surface area contributed by atoms with Gasteiger partial charge in [-0.05, 0) is 49.2 Å². The van der Waals surface area contributed by atoms with Crippen LogP contribution in [0.2, 0.25) is 0 Å². The maximum absolute atomic E-state index is 12.8. The third-order valence-electron chi connectivity index (χ3n) is 5.12. The summed E-state index contributed by atoms with van der Waals surface area (Å²) in [5, 5.41) is 4.27. The average molecular weight is 444 g/mol. The number of thiazole rings is 1. The molecule has 2 aromatic carbocycles. The largest absolute Gasteiger partial charge is 0.471 e. The van der Waals surface area contributed by atoms with Crippen molar-refractivity contribution in [3.05, 3.63) is 59.4 Å². The molecule has 0 spiro atoms. The van der Waals surface area contributed by atoms with Crippen molar-refractivity contribution in [1.82, 2.24) is 15.1 Å². The number of hydrogen-bond acceptors (Lipinski definition) is 6. The van der Waals surface area contributed by atoms with Crippen molar-refractivity contribution in [1.29, 1.82) is 0 Å². The molecule has 31 heavy (non-hydrogen) atoms. The molecule has 0 radical (unpaired) electrons. The number of aromatic nitrogens is 3. The predicted molar refractivity (Wildman–Crippen MR) is 108 cm³/mol. The number of anilines is 1. The molecule has 2 aromatic heterocycles. The summed E-state index contributed by atoms with van der Waals surface area (Å²) >= 11 is 1.57. The Bertz CT molecular complexity index is 1220. The van der Waals surface area contributed by atoms with Gasteiger partial charge in [-0.3, -0.25) is 4.79 Å². The van der Waals surface area contributed by atoms with Gasteiger partial charge in [-0.25, -0.2) is 4.98 Å². The summed E-state index contributed by atoms with van der Waals surface area (Å²) in [7, 11) is 0. The minimum Gasteiger partial charge on any atom is -0.329 e. The van der Waals surface area contributed by atoms with E-state index in [4.69, 9.17) is 4.98 Å². The Balaban J connectivity index is 1.46. The molecule has 1 unspecified atom stereocenters. The molecule has 1 atom stereocenters. The van der Waals surface area contributed by atoms with Crippen LogP contribution >= 0.6 is 11.3 Å². The smallest absolute Gasteiger partial charge is 0.329 e. The lowest BCUT2D eigenvalue weighted by Gasteiger charge is -2.34. The molecule has 0 bridgehead atoms. The Morgan fingerprint density at radius 3 is 2.55 bits per heavy atom. The van der Waals surface area contributed by atoms with E-state index < -0.39 is 12.1 Å². The van der Waals surface area contributed by atoms with Crippen molar-refractivity contribution in [3.63, 3.8) is 0 Å². The van der Waals surface area contributed by atoms with Crippen molar-refractivity contribution >= 4 is 33.1 Å². The summed E-state index contributed by atoms with van der Waals surface area (Å²) in [6.45, 7) is 0. The number of rotatable bonds is 3. The molecule has 0 N–H and O–H groups in total. The number of fused-ring (bicyclic) bond motifs is 1. The highest BCUT2D eigenvalue weighted by atomic mass is 32.1. The van der Waals surface area contributed by atoms with E-state index in [1.165, 1.54) is 0 Å². The molecule has 158 valence electrons. The molecule has 3 heterocycles. The number of nitrogens with zero attached hydrogens (tertiary/aromatic N) is 4. The SMILES string of the molecule is O=C1CCCC(c2nc3ccccc3s2)N1c1ccc(-c2noc(C(F)(F)F)n2)cc1. The molecule has 6 nitrogen and oxygen atoms in total. The third-order valence-corrected chi connectivity index (χ3v) is 6.25. The highest BCUT2D eigenvalue weighted by Crippen LogP contribution is 2.39. The van der Waals surface area contributed by atoms with Crippen LogP contribution < -0.4 is 4.90 Å². The number of piperidine rings is 1. The second-order valence-electron chi connectivity index (χ2n) is 7.16. The average Bonchev–Trinajstić information content (AvgIpc) is 3.41. The van der Waals surface area contributed by atoms with E-state index in [0.717, 1.165) is 28.1 Å². The zero-order valence-electron chi connectivity index (χ0n) is 16.0. The molecule has 4 aromatic rings. The summed E-state index contributed by atoms with van der Waals surface area (Å²) in [5.41, 5.74) is 1.91. The van der Waals surface area contributed by atoms with Gasteiger partial charge >= 0.3 is 12.1 Å². The van der Waals surface area contributed by atoms with Gasteiger partial charge in [0, 0.05) is 17.7 Å². The second kappa shape index (κ2) is 7.45. The Hall–Kier alpha value is -3.27. The fourth-order valence-corrected chi connectivity index (χ4v) is 4.78. The first-order valence-corrected chi connectivity index (χ1v) is 10.4. The third kappa shape index (κ3) is 3.67. The van der Waals surface area contributed by atoms with Gasteiger partial charge in [0.05, 0.1) is 16.3 Å². The fourth-order valence-electron chi connectivity index (χ4n) is 3.69. The van der Waals surface area contributed by atoms with E-state index in [0.29, 0.717) is 17.7 Å². The van der Waals surface area contributed by atoms with Crippen LogP contribution in [0, 0.1) is 0 Å². The van der Waals surface area contributed by atoms with E-state index in [1.807, 2.05) is 24.3 Å². The molecule has 0 saturated carbocycles. The van der Waals surface area contributed by atoms with Crippen LogP contribution in [0.3, 0.4) is 0 Å². The first-order chi connectivity index (χ1) is 14.9. The van der Waals surface area contributed by atoms with Crippen molar-refractivity contribution in [2.24, 2.45) is 0 Å². The number of hydrogen-bond donors (Lipinski definition) is 0. The first-order valence-electron chi connectivity index (χ1n) is 9.59. The van der Waals surface area contributed by atoms with E-state index in [9.17, 15) is 18.0 Å². The molecule has 1 amide bonds. The quantitative estimate of drug-likeness (QED) is 0.410. The van der Waals surface area contributed by atoms with E-state index in [1.54, 1.807) is 40.5 Å². The number of halogens is 3. The summed E-state index contributed by atoms with van der Waals surface area (Å²) in [4.78, 5) is 22.7. The lowest BCUT2D eigenvalue weighted by Crippen LogP contribution is -2.38. The van der Waals surface area contributed by atoms with E-state index in [2.05, 4.69) is 14.7 Å². The molecule has 5 rings (SSSR count). The number of benzene rings is 2. The Kier molecular flexibility index (Phi) is 4.73. The van der Waals surface area contributed by atoms with Crippen LogP contribution in [-0.4, -0.2) is 21.0 Å². The topological polar surface area (TPSA) is 72.1 Å². The fraction of sp³-hybridized carbons (Fsp3) is 0.238. The van der Waals surface area contributed by atoms with Gasteiger partial charge in [0.1, 0.15) is 5.01 Å². The highest BCUT2D eigenvalue weighted by molar-refractivity contribution is 7.18. The Morgan fingerprint density at radius 2 is 1.84 bits per heavy atom. The second-order valence-corrected chi connectivity index (χ2v) is 8.22. The van der Waals surface area contributed by atoms with Gasteiger partial charge in [-0.1, -0.05) is 17.3 Å². The van der Waals surface area contributed by atoms with E-state index >= 15 is 0 Å². The van der Waals surface area contributed by atoms with Gasteiger partial charge in [0.2, 0.25) is 11.7 Å². The van der Waals surface area contributed by atoms with Crippen LogP contribution in [-0.2, 0) is 11.0 Å². The van der Waals surface area contributed by atoms with Gasteiger partial charge < -0.3 is 9.42 Å². The molecule has 1 aliphatic heterocycles. The summed E-state index contributed by atoms with van der Waals surface area (Å²) in [6, 6.07) is 14.2. The molecular weight excluding hydrogens is 429 g/mol. The standard InChI is InChI=1S/C21H15F3N4O2S/c22-21(23,24)20-26-18(27-30-20)12-8-10-13(11-9-12)28-15(5-3-7-17(28)29)19-25-14-4-1-2-6-16(14)31-19/h1-2,4,6,8-11,15H,3,5,7H2. The van der Waals surface area contributed by atoms with E-state index in [-0.39, 0.29) is 17.8 Å². The molecule has 0 aliphatic carbocycles. The maximum Gasteiger partial charge on any atom is 0.471 e. The molecule has 10 heteroatoms. The number of carbonyl (C=O) groups excluding carboxylic acids is 1. The lowest BCUT2D eigenvalue weighted by atomic mass is 10.0. The predicted octanol–water partition coefficient (Wildman–Crippen LogP) is 5.62. The summed E-state index contributed by atoms with van der Waals surface area (Å²) in [6.07, 6.45) is -2.71. The minimum absolute atomic E-state index is 0.0119. The number of alkyl halides is 3. The molecule has 1 aliphatic rings.